The molecule has 21 heavy (non-hydrogen) atoms. The van der Waals surface area contributed by atoms with Crippen molar-refractivity contribution >= 4 is 0 Å². The number of unbranched alkanes of at least 4 members (excludes halogenated alkanes) is 7. The minimum atomic E-state index is 0.0232. The van der Waals surface area contributed by atoms with Crippen LogP contribution < -0.4 is 0 Å². The zero-order valence-electron chi connectivity index (χ0n) is 13.4. The molecule has 118 valence electrons. The second-order valence-corrected chi connectivity index (χ2v) is 5.60. The van der Waals surface area contributed by atoms with Crippen LogP contribution in [-0.4, -0.2) is 19.5 Å². The lowest BCUT2D eigenvalue weighted by Gasteiger charge is -2.22. The summed E-state index contributed by atoms with van der Waals surface area (Å²) in [7, 11) is 0. The second-order valence-electron chi connectivity index (χ2n) is 5.60. The molecule has 1 fully saturated rings. The first-order chi connectivity index (χ1) is 10.4. The van der Waals surface area contributed by atoms with E-state index >= 15 is 0 Å². The van der Waals surface area contributed by atoms with E-state index in [1.54, 1.807) is 0 Å². The summed E-state index contributed by atoms with van der Waals surface area (Å²) in [5.41, 5.74) is 0. The fourth-order valence-electron chi connectivity index (χ4n) is 2.41. The van der Waals surface area contributed by atoms with Gasteiger partial charge < -0.3 is 9.47 Å². The van der Waals surface area contributed by atoms with Crippen LogP contribution >= 0.6 is 0 Å². The Bertz CT molecular complexity index is 326. The van der Waals surface area contributed by atoms with Gasteiger partial charge in [-0.15, -0.1) is 24.2 Å². The van der Waals surface area contributed by atoms with E-state index in [1.807, 2.05) is 0 Å². The predicted octanol–water partition coefficient (Wildman–Crippen LogP) is 4.68. The van der Waals surface area contributed by atoms with Gasteiger partial charge in [0, 0.05) is 25.9 Å². The molecule has 0 radical (unpaired) electrons. The third-order valence-electron chi connectivity index (χ3n) is 3.67. The van der Waals surface area contributed by atoms with Gasteiger partial charge in [-0.3, -0.25) is 0 Å². The van der Waals surface area contributed by atoms with Crippen molar-refractivity contribution in [3.63, 3.8) is 0 Å². The van der Waals surface area contributed by atoms with Crippen LogP contribution in [0.5, 0.6) is 0 Å². The number of terminal acetylenes is 1. The normalized spacial score (nSPS) is 17.8. The van der Waals surface area contributed by atoms with Gasteiger partial charge >= 0.3 is 0 Å². The van der Waals surface area contributed by atoms with E-state index < -0.39 is 0 Å². The highest BCUT2D eigenvalue weighted by Gasteiger charge is 2.12. The highest BCUT2D eigenvalue weighted by Crippen LogP contribution is 2.13. The van der Waals surface area contributed by atoms with Gasteiger partial charge in [0.2, 0.25) is 0 Å². The molecule has 0 N–H and O–H groups in total. The van der Waals surface area contributed by atoms with Gasteiger partial charge in [-0.2, -0.15) is 0 Å². The van der Waals surface area contributed by atoms with Crippen LogP contribution in [0.4, 0.5) is 0 Å². The molecular weight excluding hydrogens is 260 g/mol. The Balaban J connectivity index is 1.80. The maximum Gasteiger partial charge on any atom is 0.157 e. The van der Waals surface area contributed by atoms with E-state index in [0.29, 0.717) is 6.61 Å². The van der Waals surface area contributed by atoms with E-state index in [1.165, 1.54) is 51.4 Å². The SMILES string of the molecule is C#CCCCCCCCCC#CCCOC1CCCCO1. The van der Waals surface area contributed by atoms with Gasteiger partial charge in [0.1, 0.15) is 0 Å². The van der Waals surface area contributed by atoms with E-state index in [2.05, 4.69) is 17.8 Å². The summed E-state index contributed by atoms with van der Waals surface area (Å²) in [4.78, 5) is 0. The fourth-order valence-corrected chi connectivity index (χ4v) is 2.41. The molecule has 0 aliphatic carbocycles. The standard InChI is InChI=1S/C19H30O2/c1-2-3-4-5-6-7-8-9-10-11-12-14-17-20-19-16-13-15-18-21-19/h1,19H,3-10,13-18H2. The van der Waals surface area contributed by atoms with Crippen LogP contribution in [0.25, 0.3) is 0 Å². The van der Waals surface area contributed by atoms with Gasteiger partial charge in [0.25, 0.3) is 0 Å². The lowest BCUT2D eigenvalue weighted by atomic mass is 10.1. The van der Waals surface area contributed by atoms with Crippen molar-refractivity contribution < 1.29 is 9.47 Å². The van der Waals surface area contributed by atoms with Crippen LogP contribution in [-0.2, 0) is 9.47 Å². The summed E-state index contributed by atoms with van der Waals surface area (Å²) >= 11 is 0. The van der Waals surface area contributed by atoms with E-state index in [4.69, 9.17) is 15.9 Å². The smallest absolute Gasteiger partial charge is 0.157 e. The van der Waals surface area contributed by atoms with E-state index in [0.717, 1.165) is 32.3 Å². The van der Waals surface area contributed by atoms with Crippen LogP contribution in [0, 0.1) is 24.2 Å². The van der Waals surface area contributed by atoms with Gasteiger partial charge in [0.15, 0.2) is 6.29 Å². The van der Waals surface area contributed by atoms with Gasteiger partial charge in [-0.05, 0) is 32.1 Å². The molecule has 1 aliphatic heterocycles. The molecule has 1 heterocycles. The van der Waals surface area contributed by atoms with E-state index in [9.17, 15) is 0 Å². The molecule has 1 unspecified atom stereocenters. The van der Waals surface area contributed by atoms with Crippen LogP contribution in [0.3, 0.4) is 0 Å². The Morgan fingerprint density at radius 1 is 0.905 bits per heavy atom. The zero-order chi connectivity index (χ0) is 15.0. The summed E-state index contributed by atoms with van der Waals surface area (Å²) in [5.74, 6) is 9.12. The quantitative estimate of drug-likeness (QED) is 0.430. The lowest BCUT2D eigenvalue weighted by Crippen LogP contribution is -2.22. The molecule has 0 bridgehead atoms. The summed E-state index contributed by atoms with van der Waals surface area (Å²) in [6.45, 7) is 1.55. The molecule has 1 atom stereocenters. The number of hydrogen-bond acceptors (Lipinski definition) is 2. The fraction of sp³-hybridized carbons (Fsp3) is 0.789. The Labute approximate surface area is 131 Å². The van der Waals surface area contributed by atoms with Crippen LogP contribution in [0.1, 0.15) is 77.0 Å². The largest absolute Gasteiger partial charge is 0.353 e. The zero-order valence-corrected chi connectivity index (χ0v) is 13.4. The van der Waals surface area contributed by atoms with Crippen molar-refractivity contribution in [2.45, 2.75) is 83.3 Å². The molecule has 0 aromatic heterocycles. The third kappa shape index (κ3) is 11.4. The predicted molar refractivity (Wildman–Crippen MR) is 87.7 cm³/mol. The minimum Gasteiger partial charge on any atom is -0.353 e. The lowest BCUT2D eigenvalue weighted by molar-refractivity contribution is -0.161. The highest BCUT2D eigenvalue weighted by atomic mass is 16.7. The Kier molecular flexibility index (Phi) is 12.1. The van der Waals surface area contributed by atoms with Gasteiger partial charge in [0.05, 0.1) is 6.61 Å². The molecule has 1 saturated heterocycles. The van der Waals surface area contributed by atoms with Gasteiger partial charge in [-0.1, -0.05) is 25.7 Å². The van der Waals surface area contributed by atoms with Crippen molar-refractivity contribution in [2.75, 3.05) is 13.2 Å². The summed E-state index contributed by atoms with van der Waals surface area (Å²) < 4.78 is 11.1. The van der Waals surface area contributed by atoms with Crippen molar-refractivity contribution in [1.29, 1.82) is 0 Å². The molecule has 2 heteroatoms. The molecule has 1 rings (SSSR count). The van der Waals surface area contributed by atoms with Crippen molar-refractivity contribution in [3.05, 3.63) is 0 Å². The first kappa shape index (κ1) is 18.1. The highest BCUT2D eigenvalue weighted by molar-refractivity contribution is 4.98. The summed E-state index contributed by atoms with van der Waals surface area (Å²) in [5, 5.41) is 0. The molecule has 0 amide bonds. The average molecular weight is 290 g/mol. The third-order valence-corrected chi connectivity index (χ3v) is 3.67. The maximum absolute atomic E-state index is 5.64. The Morgan fingerprint density at radius 3 is 2.33 bits per heavy atom. The minimum absolute atomic E-state index is 0.0232. The van der Waals surface area contributed by atoms with Gasteiger partial charge in [-0.25, -0.2) is 0 Å². The molecular formula is C19H30O2. The monoisotopic (exact) mass is 290 g/mol. The molecule has 0 aromatic rings. The molecule has 0 spiro atoms. The number of rotatable bonds is 10. The molecule has 0 aromatic carbocycles. The van der Waals surface area contributed by atoms with E-state index in [-0.39, 0.29) is 6.29 Å². The molecule has 2 nitrogen and oxygen atoms in total. The van der Waals surface area contributed by atoms with Crippen LogP contribution in [0.15, 0.2) is 0 Å². The first-order valence-electron chi connectivity index (χ1n) is 8.56. The van der Waals surface area contributed by atoms with Crippen molar-refractivity contribution in [1.82, 2.24) is 0 Å². The maximum atomic E-state index is 5.64. The number of hydrogen-bond donors (Lipinski definition) is 0. The first-order valence-corrected chi connectivity index (χ1v) is 8.56. The molecule has 0 saturated carbocycles. The summed E-state index contributed by atoms with van der Waals surface area (Å²) in [6, 6.07) is 0. The van der Waals surface area contributed by atoms with Crippen LogP contribution in [0.2, 0.25) is 0 Å². The Hall–Kier alpha value is -0.960. The van der Waals surface area contributed by atoms with Crippen molar-refractivity contribution in [2.24, 2.45) is 0 Å². The molecule has 1 aliphatic rings. The summed E-state index contributed by atoms with van der Waals surface area (Å²) in [6.07, 6.45) is 19.0. The second kappa shape index (κ2) is 14.0. The number of ether oxygens (including phenoxy) is 2. The Morgan fingerprint density at radius 2 is 1.62 bits per heavy atom. The van der Waals surface area contributed by atoms with Crippen molar-refractivity contribution in [3.8, 4) is 24.2 Å². The average Bonchev–Trinajstić information content (AvgIpc) is 2.53. The topological polar surface area (TPSA) is 18.5 Å².